The minimum atomic E-state index is -0.152. The van der Waals surface area contributed by atoms with Gasteiger partial charge in [0.25, 0.3) is 5.91 Å². The summed E-state index contributed by atoms with van der Waals surface area (Å²) in [5.74, 6) is 0.224. The van der Waals surface area contributed by atoms with Gasteiger partial charge < -0.3 is 15.7 Å². The number of aliphatic hydroxyl groups excluding tert-OH is 1. The van der Waals surface area contributed by atoms with E-state index in [0.717, 1.165) is 18.4 Å². The van der Waals surface area contributed by atoms with Gasteiger partial charge >= 0.3 is 0 Å². The van der Waals surface area contributed by atoms with Gasteiger partial charge in [0.1, 0.15) is 0 Å². The Balaban J connectivity index is 1.90. The monoisotopic (exact) mass is 302 g/mol. The Labute approximate surface area is 130 Å². The molecule has 0 aliphatic heterocycles. The molecular weight excluding hydrogens is 280 g/mol. The molecule has 5 heteroatoms. The quantitative estimate of drug-likeness (QED) is 0.665. The van der Waals surface area contributed by atoms with Crippen LogP contribution in [0.1, 0.15) is 35.2 Å². The summed E-state index contributed by atoms with van der Waals surface area (Å²) in [5.41, 5.74) is 1.44. The van der Waals surface area contributed by atoms with E-state index in [1.807, 2.05) is 0 Å². The van der Waals surface area contributed by atoms with Gasteiger partial charge in [0, 0.05) is 31.3 Å². The highest BCUT2D eigenvalue weighted by atomic mass is 16.3. The van der Waals surface area contributed by atoms with Crippen LogP contribution < -0.4 is 10.6 Å². The van der Waals surface area contributed by atoms with E-state index in [0.29, 0.717) is 17.9 Å². The van der Waals surface area contributed by atoms with Crippen LogP contribution in [0.5, 0.6) is 0 Å². The smallest absolute Gasteiger partial charge is 0.251 e. The second-order valence-corrected chi connectivity index (χ2v) is 5.50. The number of carbonyl (C=O) groups excluding carboxylic acids is 2. The van der Waals surface area contributed by atoms with Gasteiger partial charge in [0.2, 0.25) is 5.91 Å². The minimum absolute atomic E-state index is 0.0674. The van der Waals surface area contributed by atoms with Gasteiger partial charge in [-0.25, -0.2) is 0 Å². The zero-order chi connectivity index (χ0) is 15.9. The maximum absolute atomic E-state index is 11.9. The van der Waals surface area contributed by atoms with E-state index in [1.54, 1.807) is 37.4 Å². The number of amides is 2. The van der Waals surface area contributed by atoms with Gasteiger partial charge in [0.15, 0.2) is 0 Å². The summed E-state index contributed by atoms with van der Waals surface area (Å²) in [6, 6.07) is 7.09. The van der Waals surface area contributed by atoms with Crippen molar-refractivity contribution in [1.29, 1.82) is 0 Å². The largest absolute Gasteiger partial charge is 0.396 e. The van der Waals surface area contributed by atoms with E-state index in [4.69, 9.17) is 5.11 Å². The van der Waals surface area contributed by atoms with E-state index in [1.165, 1.54) is 6.08 Å². The Morgan fingerprint density at radius 2 is 2.00 bits per heavy atom. The lowest BCUT2D eigenvalue weighted by Gasteiger charge is -2.15. The summed E-state index contributed by atoms with van der Waals surface area (Å²) < 4.78 is 0. The maximum Gasteiger partial charge on any atom is 0.251 e. The molecule has 22 heavy (non-hydrogen) atoms. The van der Waals surface area contributed by atoms with Crippen molar-refractivity contribution < 1.29 is 14.7 Å². The fourth-order valence-corrected chi connectivity index (χ4v) is 2.36. The van der Waals surface area contributed by atoms with E-state index in [2.05, 4.69) is 10.6 Å². The molecule has 1 aliphatic rings. The van der Waals surface area contributed by atoms with Crippen LogP contribution in [0, 0.1) is 5.92 Å². The van der Waals surface area contributed by atoms with E-state index in [-0.39, 0.29) is 24.5 Å². The molecule has 0 bridgehead atoms. The number of benzene rings is 1. The van der Waals surface area contributed by atoms with Gasteiger partial charge in [-0.15, -0.1) is 0 Å². The van der Waals surface area contributed by atoms with Crippen molar-refractivity contribution >= 4 is 17.9 Å². The maximum atomic E-state index is 11.9. The fourth-order valence-electron chi connectivity index (χ4n) is 2.36. The first kappa shape index (κ1) is 16.2. The average Bonchev–Trinajstić information content (AvgIpc) is 3.37. The summed E-state index contributed by atoms with van der Waals surface area (Å²) in [7, 11) is 1.59. The van der Waals surface area contributed by atoms with E-state index in [9.17, 15) is 9.59 Å². The van der Waals surface area contributed by atoms with Crippen LogP contribution in [-0.4, -0.2) is 36.6 Å². The lowest BCUT2D eigenvalue weighted by Crippen LogP contribution is -2.36. The molecule has 0 heterocycles. The summed E-state index contributed by atoms with van der Waals surface area (Å²) in [5, 5.41) is 14.5. The zero-order valence-electron chi connectivity index (χ0n) is 12.7. The predicted molar refractivity (Wildman–Crippen MR) is 85.2 cm³/mol. The Morgan fingerprint density at radius 3 is 2.55 bits per heavy atom. The molecule has 1 aromatic rings. The third-order valence-electron chi connectivity index (χ3n) is 3.79. The predicted octanol–water partition coefficient (Wildman–Crippen LogP) is 1.34. The molecule has 0 spiro atoms. The van der Waals surface area contributed by atoms with E-state index >= 15 is 0 Å². The van der Waals surface area contributed by atoms with Gasteiger partial charge in [-0.3, -0.25) is 9.59 Å². The average molecular weight is 302 g/mol. The first-order chi connectivity index (χ1) is 10.6. The summed E-state index contributed by atoms with van der Waals surface area (Å²) in [6.45, 7) is 0.0894. The molecule has 0 radical (unpaired) electrons. The van der Waals surface area contributed by atoms with Crippen LogP contribution in [0.2, 0.25) is 0 Å². The normalized spacial score (nSPS) is 15.5. The van der Waals surface area contributed by atoms with E-state index < -0.39 is 0 Å². The molecular formula is C17H22N2O3. The van der Waals surface area contributed by atoms with Crippen LogP contribution >= 0.6 is 0 Å². The summed E-state index contributed by atoms with van der Waals surface area (Å²) in [4.78, 5) is 23.3. The summed E-state index contributed by atoms with van der Waals surface area (Å²) in [6.07, 6.45) is 6.05. The lowest BCUT2D eigenvalue weighted by molar-refractivity contribution is -0.117. The number of nitrogens with one attached hydrogen (secondary N) is 2. The molecule has 0 saturated heterocycles. The molecule has 118 valence electrons. The third-order valence-corrected chi connectivity index (χ3v) is 3.79. The SMILES string of the molecule is CNC(=O)c1ccc(/C=C/C(=O)NC(CCO)C2CC2)cc1. The number of carbonyl (C=O) groups is 2. The van der Waals surface area contributed by atoms with Crippen LogP contribution in [0.4, 0.5) is 0 Å². The van der Waals surface area contributed by atoms with Crippen LogP contribution in [0.25, 0.3) is 6.08 Å². The standard InChI is InChI=1S/C17H22N2O3/c1-18-17(22)14-5-2-12(3-6-14)4-9-16(21)19-15(10-11-20)13-7-8-13/h2-6,9,13,15,20H,7-8,10-11H2,1H3,(H,18,22)(H,19,21)/b9-4+. The Kier molecular flexibility index (Phi) is 5.72. The molecule has 1 fully saturated rings. The van der Waals surface area contributed by atoms with Crippen LogP contribution in [-0.2, 0) is 4.79 Å². The molecule has 1 aromatic carbocycles. The van der Waals surface area contributed by atoms with Gasteiger partial charge in [-0.1, -0.05) is 12.1 Å². The number of hydrogen-bond acceptors (Lipinski definition) is 3. The lowest BCUT2D eigenvalue weighted by atomic mass is 10.1. The molecule has 2 amide bonds. The topological polar surface area (TPSA) is 78.4 Å². The molecule has 2 rings (SSSR count). The van der Waals surface area contributed by atoms with Crippen molar-refractivity contribution in [3.8, 4) is 0 Å². The Morgan fingerprint density at radius 1 is 1.32 bits per heavy atom. The fraction of sp³-hybridized carbons (Fsp3) is 0.412. The summed E-state index contributed by atoms with van der Waals surface area (Å²) >= 11 is 0. The highest BCUT2D eigenvalue weighted by Gasteiger charge is 2.31. The second-order valence-electron chi connectivity index (χ2n) is 5.50. The molecule has 5 nitrogen and oxygen atoms in total. The van der Waals surface area contributed by atoms with Crippen LogP contribution in [0.3, 0.4) is 0 Å². The molecule has 1 aliphatic carbocycles. The second kappa shape index (κ2) is 7.75. The molecule has 1 saturated carbocycles. The Hall–Kier alpha value is -2.14. The van der Waals surface area contributed by atoms with Crippen molar-refractivity contribution in [2.75, 3.05) is 13.7 Å². The molecule has 1 atom stereocenters. The highest BCUT2D eigenvalue weighted by Crippen LogP contribution is 2.33. The van der Waals surface area contributed by atoms with Gasteiger partial charge in [-0.05, 0) is 49.0 Å². The first-order valence-electron chi connectivity index (χ1n) is 7.55. The van der Waals surface area contributed by atoms with Crippen molar-refractivity contribution in [1.82, 2.24) is 10.6 Å². The molecule has 1 unspecified atom stereocenters. The number of aliphatic hydroxyl groups is 1. The number of hydrogen-bond donors (Lipinski definition) is 3. The van der Waals surface area contributed by atoms with Crippen molar-refractivity contribution in [3.63, 3.8) is 0 Å². The van der Waals surface area contributed by atoms with Crippen LogP contribution in [0.15, 0.2) is 30.3 Å². The van der Waals surface area contributed by atoms with Crippen molar-refractivity contribution in [2.24, 2.45) is 5.92 Å². The van der Waals surface area contributed by atoms with Gasteiger partial charge in [-0.2, -0.15) is 0 Å². The zero-order valence-corrected chi connectivity index (χ0v) is 12.7. The molecule has 0 aromatic heterocycles. The molecule has 3 N–H and O–H groups in total. The highest BCUT2D eigenvalue weighted by molar-refractivity contribution is 5.94. The number of rotatable bonds is 7. The first-order valence-corrected chi connectivity index (χ1v) is 7.55. The van der Waals surface area contributed by atoms with Gasteiger partial charge in [0.05, 0.1) is 0 Å². The third kappa shape index (κ3) is 4.70. The van der Waals surface area contributed by atoms with Crippen molar-refractivity contribution in [3.05, 3.63) is 41.5 Å². The minimum Gasteiger partial charge on any atom is -0.396 e. The Bertz CT molecular complexity index is 548. The van der Waals surface area contributed by atoms with Crippen molar-refractivity contribution in [2.45, 2.75) is 25.3 Å².